The number of hydrogen-bond acceptors (Lipinski definition) is 6. The van der Waals surface area contributed by atoms with Crippen molar-refractivity contribution < 1.29 is 14.6 Å². The van der Waals surface area contributed by atoms with E-state index in [1.807, 2.05) is 42.5 Å². The summed E-state index contributed by atoms with van der Waals surface area (Å²) >= 11 is 3.50. The van der Waals surface area contributed by atoms with E-state index in [9.17, 15) is 10.4 Å². The van der Waals surface area contributed by atoms with Crippen LogP contribution in [-0.4, -0.2) is 42.2 Å². The van der Waals surface area contributed by atoms with Gasteiger partial charge in [-0.25, -0.2) is 4.98 Å². The third-order valence-corrected chi connectivity index (χ3v) is 7.93. The molecule has 0 saturated heterocycles. The summed E-state index contributed by atoms with van der Waals surface area (Å²) in [5, 5.41) is 21.6. The number of nitrogens with zero attached hydrogens (tertiary/aromatic N) is 3. The molecular formula is C29H32BrN3O3. The molecule has 7 heteroatoms. The van der Waals surface area contributed by atoms with Gasteiger partial charge in [-0.15, -0.1) is 0 Å². The summed E-state index contributed by atoms with van der Waals surface area (Å²) in [5.74, 6) is 0.594. The van der Waals surface area contributed by atoms with Crippen LogP contribution in [0.3, 0.4) is 0 Å². The van der Waals surface area contributed by atoms with E-state index in [1.54, 1.807) is 6.07 Å². The number of ether oxygens (including phenoxy) is 2. The van der Waals surface area contributed by atoms with Gasteiger partial charge in [-0.3, -0.25) is 0 Å². The summed E-state index contributed by atoms with van der Waals surface area (Å²) in [6, 6.07) is 21.6. The van der Waals surface area contributed by atoms with Gasteiger partial charge < -0.3 is 19.5 Å². The van der Waals surface area contributed by atoms with Crippen molar-refractivity contribution in [1.82, 2.24) is 9.88 Å². The van der Waals surface area contributed by atoms with Crippen LogP contribution in [0.4, 0.5) is 0 Å². The van der Waals surface area contributed by atoms with E-state index in [2.05, 4.69) is 64.9 Å². The Morgan fingerprint density at radius 3 is 2.39 bits per heavy atom. The van der Waals surface area contributed by atoms with E-state index in [0.29, 0.717) is 17.7 Å². The summed E-state index contributed by atoms with van der Waals surface area (Å²) in [5.41, 5.74) is 0.276. The van der Waals surface area contributed by atoms with Crippen molar-refractivity contribution in [3.8, 4) is 17.7 Å². The molecule has 188 valence electrons. The van der Waals surface area contributed by atoms with Crippen molar-refractivity contribution in [1.29, 1.82) is 5.26 Å². The minimum atomic E-state index is -1.34. The van der Waals surface area contributed by atoms with Crippen molar-refractivity contribution in [2.75, 3.05) is 27.2 Å². The Labute approximate surface area is 221 Å². The Balaban J connectivity index is 0.000000455. The van der Waals surface area contributed by atoms with Crippen LogP contribution in [0.5, 0.6) is 11.6 Å². The normalized spacial score (nSPS) is 23.7. The van der Waals surface area contributed by atoms with Crippen LogP contribution in [0.25, 0.3) is 0 Å². The largest absolute Gasteiger partial charge is 0.481 e. The molecule has 1 fully saturated rings. The number of aromatic nitrogens is 1. The molecule has 0 bridgehead atoms. The van der Waals surface area contributed by atoms with E-state index in [-0.39, 0.29) is 17.5 Å². The zero-order valence-electron chi connectivity index (χ0n) is 21.2. The molecule has 1 aliphatic carbocycles. The molecule has 5 rings (SSSR count). The lowest BCUT2D eigenvalue weighted by Crippen LogP contribution is -2.48. The molecule has 3 aromatic rings. The number of benzene rings is 2. The third kappa shape index (κ3) is 4.28. The van der Waals surface area contributed by atoms with Crippen molar-refractivity contribution in [3.05, 3.63) is 87.5 Å². The maximum absolute atomic E-state index is 12.2. The van der Waals surface area contributed by atoms with Gasteiger partial charge in [-0.2, -0.15) is 5.26 Å². The first-order valence-corrected chi connectivity index (χ1v) is 13.0. The molecule has 0 spiro atoms. The second-order valence-electron chi connectivity index (χ2n) is 9.20. The number of methoxy groups -OCH3 is 1. The van der Waals surface area contributed by atoms with Crippen LogP contribution in [0, 0.1) is 11.3 Å². The van der Waals surface area contributed by atoms with Gasteiger partial charge in [0.15, 0.2) is 5.60 Å². The molecule has 3 unspecified atom stereocenters. The minimum Gasteiger partial charge on any atom is -0.481 e. The van der Waals surface area contributed by atoms with Crippen LogP contribution >= 0.6 is 15.9 Å². The predicted molar refractivity (Wildman–Crippen MR) is 143 cm³/mol. The monoisotopic (exact) mass is 549 g/mol. The predicted octanol–water partition coefficient (Wildman–Crippen LogP) is 5.74. The number of pyridine rings is 1. The second-order valence-corrected chi connectivity index (χ2v) is 10.1. The molecule has 2 aliphatic rings. The number of fused-ring (bicyclic) bond motifs is 3. The molecular weight excluding hydrogens is 518 g/mol. The van der Waals surface area contributed by atoms with E-state index in [1.165, 1.54) is 7.11 Å². The fraction of sp³-hybridized carbons (Fsp3) is 0.379. The van der Waals surface area contributed by atoms with Crippen molar-refractivity contribution >= 4 is 15.9 Å². The molecule has 0 radical (unpaired) electrons. The summed E-state index contributed by atoms with van der Waals surface area (Å²) in [6.45, 7) is 6.64. The Hall–Kier alpha value is -2.92. The van der Waals surface area contributed by atoms with Crippen LogP contribution in [0.15, 0.2) is 65.1 Å². The maximum atomic E-state index is 12.2. The van der Waals surface area contributed by atoms with Crippen molar-refractivity contribution in [3.63, 3.8) is 0 Å². The summed E-state index contributed by atoms with van der Waals surface area (Å²) in [6.07, 6.45) is 1.22. The summed E-state index contributed by atoms with van der Waals surface area (Å²) in [4.78, 5) is 6.54. The highest BCUT2D eigenvalue weighted by Crippen LogP contribution is 2.67. The Morgan fingerprint density at radius 1 is 1.17 bits per heavy atom. The Kier molecular flexibility index (Phi) is 7.70. The molecule has 0 amide bonds. The van der Waals surface area contributed by atoms with Gasteiger partial charge in [-0.1, -0.05) is 72.2 Å². The van der Waals surface area contributed by atoms with Gasteiger partial charge in [0, 0.05) is 16.5 Å². The van der Waals surface area contributed by atoms with E-state index >= 15 is 0 Å². The SMILES string of the molecule is CCN(C)CC.COc1nc(C#N)cc2c1C1(O)CCC(c3ccccc3)C1(c1ccc(Br)cc1)O2. The topological polar surface area (TPSA) is 78.6 Å². The molecule has 6 nitrogen and oxygen atoms in total. The van der Waals surface area contributed by atoms with Crippen LogP contribution in [0.2, 0.25) is 0 Å². The highest BCUT2D eigenvalue weighted by molar-refractivity contribution is 9.10. The smallest absolute Gasteiger partial charge is 0.224 e. The van der Waals surface area contributed by atoms with Gasteiger partial charge in [0.2, 0.25) is 5.88 Å². The lowest BCUT2D eigenvalue weighted by Gasteiger charge is -2.40. The first-order chi connectivity index (χ1) is 17.3. The molecule has 3 atom stereocenters. The van der Waals surface area contributed by atoms with Gasteiger partial charge in [0.05, 0.1) is 12.7 Å². The summed E-state index contributed by atoms with van der Waals surface area (Å²) in [7, 11) is 3.61. The molecule has 2 heterocycles. The average molecular weight is 550 g/mol. The standard InChI is InChI=1S/C24H19BrN2O3.C5H13N/c1-29-22-21-20(13-18(14-26)27-22)30-24(16-7-9-17(25)10-8-16)19(11-12-23(21,24)28)15-5-3-2-4-6-15;1-4-6(3)5-2/h2-10,13,19,28H,11-12H2,1H3;4-5H2,1-3H3. The lowest BCUT2D eigenvalue weighted by molar-refractivity contribution is -0.106. The van der Waals surface area contributed by atoms with Crippen molar-refractivity contribution in [2.45, 2.75) is 43.8 Å². The van der Waals surface area contributed by atoms with Crippen LogP contribution in [-0.2, 0) is 11.2 Å². The first kappa shape index (κ1) is 26.2. The highest BCUT2D eigenvalue weighted by atomic mass is 79.9. The van der Waals surface area contributed by atoms with Crippen LogP contribution < -0.4 is 9.47 Å². The fourth-order valence-electron chi connectivity index (χ4n) is 5.34. The molecule has 1 aromatic heterocycles. The quantitative estimate of drug-likeness (QED) is 0.437. The third-order valence-electron chi connectivity index (χ3n) is 7.40. The molecule has 2 aromatic carbocycles. The van der Waals surface area contributed by atoms with E-state index in [0.717, 1.165) is 35.1 Å². The second kappa shape index (κ2) is 10.6. The van der Waals surface area contributed by atoms with Crippen molar-refractivity contribution in [2.24, 2.45) is 0 Å². The number of hydrogen-bond donors (Lipinski definition) is 1. The van der Waals surface area contributed by atoms with Crippen LogP contribution in [0.1, 0.15) is 55.0 Å². The molecule has 1 N–H and O–H groups in total. The van der Waals surface area contributed by atoms with E-state index < -0.39 is 11.2 Å². The van der Waals surface area contributed by atoms with Gasteiger partial charge in [0.25, 0.3) is 0 Å². The molecule has 1 aliphatic heterocycles. The number of nitriles is 1. The van der Waals surface area contributed by atoms with Gasteiger partial charge in [-0.05, 0) is 56.2 Å². The zero-order valence-corrected chi connectivity index (χ0v) is 22.7. The lowest BCUT2D eigenvalue weighted by atomic mass is 9.72. The zero-order chi connectivity index (χ0) is 25.9. The van der Waals surface area contributed by atoms with Gasteiger partial charge in [0.1, 0.15) is 23.1 Å². The van der Waals surface area contributed by atoms with E-state index in [4.69, 9.17) is 9.47 Å². The molecule has 1 saturated carbocycles. The maximum Gasteiger partial charge on any atom is 0.224 e. The fourth-order valence-corrected chi connectivity index (χ4v) is 5.61. The Bertz CT molecular complexity index is 1240. The number of halogens is 1. The van der Waals surface area contributed by atoms with Gasteiger partial charge >= 0.3 is 0 Å². The average Bonchev–Trinajstić information content (AvgIpc) is 3.35. The number of aliphatic hydroxyl groups is 1. The minimum absolute atomic E-state index is 0.0903. The summed E-state index contributed by atoms with van der Waals surface area (Å²) < 4.78 is 13.1. The Morgan fingerprint density at radius 2 is 1.83 bits per heavy atom. The first-order valence-electron chi connectivity index (χ1n) is 12.2. The molecule has 36 heavy (non-hydrogen) atoms. The highest BCUT2D eigenvalue weighted by Gasteiger charge is 2.69. The number of rotatable bonds is 5.